The van der Waals surface area contributed by atoms with Crippen LogP contribution in [-0.2, 0) is 0 Å². The van der Waals surface area contributed by atoms with E-state index in [0.717, 1.165) is 29.4 Å². The van der Waals surface area contributed by atoms with Crippen LogP contribution in [0.5, 0.6) is 0 Å². The zero-order valence-electron chi connectivity index (χ0n) is 14.9. The van der Waals surface area contributed by atoms with Gasteiger partial charge in [-0.25, -0.2) is 0 Å². The van der Waals surface area contributed by atoms with Crippen LogP contribution in [-0.4, -0.2) is 47.1 Å². The summed E-state index contributed by atoms with van der Waals surface area (Å²) in [7, 11) is 0. The average Bonchev–Trinajstić information content (AvgIpc) is 3.14. The number of hydrogen-bond acceptors (Lipinski definition) is 5. The Morgan fingerprint density at radius 2 is 1.85 bits per heavy atom. The average molecular weight is 383 g/mol. The van der Waals surface area contributed by atoms with E-state index < -0.39 is 0 Å². The molecule has 0 unspecified atom stereocenters. The molecule has 1 amide bonds. The van der Waals surface area contributed by atoms with E-state index in [1.54, 1.807) is 6.92 Å². The van der Waals surface area contributed by atoms with Crippen molar-refractivity contribution < 1.29 is 9.32 Å². The van der Waals surface area contributed by atoms with Crippen LogP contribution in [0.15, 0.2) is 53.1 Å². The molecule has 138 valence electrons. The molecule has 1 aliphatic rings. The van der Waals surface area contributed by atoms with Crippen molar-refractivity contribution in [1.82, 2.24) is 15.0 Å². The van der Waals surface area contributed by atoms with Crippen molar-refractivity contribution in [1.29, 1.82) is 0 Å². The normalized spacial score (nSPS) is 14.4. The molecular formula is C20H19ClN4O2. The van der Waals surface area contributed by atoms with Crippen molar-refractivity contribution in [3.8, 4) is 11.4 Å². The van der Waals surface area contributed by atoms with Gasteiger partial charge in [0.2, 0.25) is 11.7 Å². The topological polar surface area (TPSA) is 62.5 Å². The molecule has 0 bridgehead atoms. The summed E-state index contributed by atoms with van der Waals surface area (Å²) in [6.07, 6.45) is 0. The Kier molecular flexibility index (Phi) is 4.81. The molecule has 7 heteroatoms. The third-order valence-electron chi connectivity index (χ3n) is 4.64. The maximum atomic E-state index is 12.9. The van der Waals surface area contributed by atoms with E-state index in [2.05, 4.69) is 15.0 Å². The molecule has 1 saturated heterocycles. The lowest BCUT2D eigenvalue weighted by Gasteiger charge is -2.36. The molecule has 0 atom stereocenters. The van der Waals surface area contributed by atoms with Crippen LogP contribution in [0.25, 0.3) is 11.4 Å². The van der Waals surface area contributed by atoms with Gasteiger partial charge in [-0.3, -0.25) is 4.79 Å². The maximum absolute atomic E-state index is 12.9. The molecule has 27 heavy (non-hydrogen) atoms. The van der Waals surface area contributed by atoms with Gasteiger partial charge >= 0.3 is 0 Å². The van der Waals surface area contributed by atoms with Crippen LogP contribution in [0.3, 0.4) is 0 Å². The van der Waals surface area contributed by atoms with Gasteiger partial charge in [0.1, 0.15) is 0 Å². The molecule has 1 aromatic heterocycles. The Balaban J connectivity index is 1.45. The maximum Gasteiger partial charge on any atom is 0.253 e. The number of anilines is 1. The molecule has 2 aromatic carbocycles. The van der Waals surface area contributed by atoms with Crippen LogP contribution in [0.2, 0.25) is 5.02 Å². The predicted molar refractivity (Wildman–Crippen MR) is 104 cm³/mol. The summed E-state index contributed by atoms with van der Waals surface area (Å²) >= 11 is 6.08. The van der Waals surface area contributed by atoms with Gasteiger partial charge in [-0.15, -0.1) is 0 Å². The number of rotatable bonds is 3. The van der Waals surface area contributed by atoms with Crippen LogP contribution < -0.4 is 4.90 Å². The first-order chi connectivity index (χ1) is 13.1. The lowest BCUT2D eigenvalue weighted by Crippen LogP contribution is -2.48. The van der Waals surface area contributed by atoms with E-state index in [9.17, 15) is 4.79 Å². The van der Waals surface area contributed by atoms with Gasteiger partial charge in [-0.1, -0.05) is 35.0 Å². The quantitative estimate of drug-likeness (QED) is 0.691. The van der Waals surface area contributed by atoms with E-state index in [4.69, 9.17) is 16.1 Å². The summed E-state index contributed by atoms with van der Waals surface area (Å²) in [5.41, 5.74) is 2.49. The second kappa shape index (κ2) is 7.40. The molecule has 0 radical (unpaired) electrons. The monoisotopic (exact) mass is 382 g/mol. The number of benzene rings is 2. The van der Waals surface area contributed by atoms with Gasteiger partial charge in [-0.05, 0) is 30.3 Å². The number of aryl methyl sites for hydroxylation is 1. The molecule has 0 aliphatic carbocycles. The first-order valence-corrected chi connectivity index (χ1v) is 9.18. The van der Waals surface area contributed by atoms with Crippen molar-refractivity contribution in [2.24, 2.45) is 0 Å². The SMILES string of the molecule is Cc1nc(-c2cccc(C(=O)N3CCN(c4cccc(Cl)c4)CC3)c2)no1. The molecule has 0 N–H and O–H groups in total. The standard InChI is InChI=1S/C20H19ClN4O2/c1-14-22-19(23-27-14)15-4-2-5-16(12-15)20(26)25-10-8-24(9-11-25)18-7-3-6-17(21)13-18/h2-7,12-13H,8-11H2,1H3. The van der Waals surface area contributed by atoms with Crippen molar-refractivity contribution in [3.05, 3.63) is 65.0 Å². The Labute approximate surface area is 162 Å². The van der Waals surface area contributed by atoms with E-state index in [0.29, 0.717) is 30.4 Å². The first-order valence-electron chi connectivity index (χ1n) is 8.81. The molecule has 2 heterocycles. The smallest absolute Gasteiger partial charge is 0.253 e. The van der Waals surface area contributed by atoms with Crippen LogP contribution in [0.4, 0.5) is 5.69 Å². The number of halogens is 1. The minimum absolute atomic E-state index is 0.0165. The number of aromatic nitrogens is 2. The zero-order valence-corrected chi connectivity index (χ0v) is 15.7. The van der Waals surface area contributed by atoms with Crippen molar-refractivity contribution in [3.63, 3.8) is 0 Å². The highest BCUT2D eigenvalue weighted by Gasteiger charge is 2.23. The van der Waals surface area contributed by atoms with Crippen LogP contribution >= 0.6 is 11.6 Å². The lowest BCUT2D eigenvalue weighted by molar-refractivity contribution is 0.0747. The number of amides is 1. The third-order valence-corrected chi connectivity index (χ3v) is 4.87. The van der Waals surface area contributed by atoms with E-state index >= 15 is 0 Å². The lowest BCUT2D eigenvalue weighted by atomic mass is 10.1. The Morgan fingerprint density at radius 3 is 2.56 bits per heavy atom. The van der Waals surface area contributed by atoms with Crippen LogP contribution in [0, 0.1) is 6.92 Å². The molecule has 3 aromatic rings. The number of piperazine rings is 1. The largest absolute Gasteiger partial charge is 0.368 e. The van der Waals surface area contributed by atoms with E-state index in [-0.39, 0.29) is 5.91 Å². The van der Waals surface area contributed by atoms with Gasteiger partial charge in [0.15, 0.2) is 0 Å². The Hall–Kier alpha value is -2.86. The summed E-state index contributed by atoms with van der Waals surface area (Å²) < 4.78 is 5.03. The van der Waals surface area contributed by atoms with Gasteiger partial charge in [0.05, 0.1) is 0 Å². The van der Waals surface area contributed by atoms with Crippen molar-refractivity contribution >= 4 is 23.2 Å². The Morgan fingerprint density at radius 1 is 1.07 bits per heavy atom. The fourth-order valence-corrected chi connectivity index (χ4v) is 3.42. The summed E-state index contributed by atoms with van der Waals surface area (Å²) in [5, 5.41) is 4.64. The molecule has 1 aliphatic heterocycles. The predicted octanol–water partition coefficient (Wildman–Crippen LogP) is 3.66. The number of nitrogens with zero attached hydrogens (tertiary/aromatic N) is 4. The summed E-state index contributed by atoms with van der Waals surface area (Å²) in [5.74, 6) is 1.01. The molecule has 4 rings (SSSR count). The minimum atomic E-state index is 0.0165. The first kappa shape index (κ1) is 17.5. The van der Waals surface area contributed by atoms with Crippen molar-refractivity contribution in [2.45, 2.75) is 6.92 Å². The molecule has 0 saturated carbocycles. The summed E-state index contributed by atoms with van der Waals surface area (Å²) in [4.78, 5) is 21.3. The third kappa shape index (κ3) is 3.80. The number of hydrogen-bond donors (Lipinski definition) is 0. The van der Waals surface area contributed by atoms with E-state index in [1.807, 2.05) is 53.4 Å². The second-order valence-corrected chi connectivity index (χ2v) is 6.91. The molecule has 6 nitrogen and oxygen atoms in total. The fraction of sp³-hybridized carbons (Fsp3) is 0.250. The fourth-order valence-electron chi connectivity index (χ4n) is 3.23. The molecular weight excluding hydrogens is 364 g/mol. The highest BCUT2D eigenvalue weighted by Crippen LogP contribution is 2.22. The van der Waals surface area contributed by atoms with Gasteiger partial charge in [0.25, 0.3) is 5.91 Å². The van der Waals surface area contributed by atoms with Crippen LogP contribution in [0.1, 0.15) is 16.2 Å². The van der Waals surface area contributed by atoms with Crippen molar-refractivity contribution in [2.75, 3.05) is 31.1 Å². The zero-order chi connectivity index (χ0) is 18.8. The van der Waals surface area contributed by atoms with Gasteiger partial charge in [-0.2, -0.15) is 4.98 Å². The number of carbonyl (C=O) groups excluding carboxylic acids is 1. The highest BCUT2D eigenvalue weighted by molar-refractivity contribution is 6.30. The minimum Gasteiger partial charge on any atom is -0.368 e. The summed E-state index contributed by atoms with van der Waals surface area (Å²) in [6.45, 7) is 4.62. The summed E-state index contributed by atoms with van der Waals surface area (Å²) in [6, 6.07) is 15.2. The molecule has 0 spiro atoms. The number of carbonyl (C=O) groups is 1. The molecule has 1 fully saturated rings. The highest BCUT2D eigenvalue weighted by atomic mass is 35.5. The van der Waals surface area contributed by atoms with E-state index in [1.165, 1.54) is 0 Å². The Bertz CT molecular complexity index is 964. The second-order valence-electron chi connectivity index (χ2n) is 6.48. The van der Waals surface area contributed by atoms with Gasteiger partial charge in [0, 0.05) is 54.9 Å². The van der Waals surface area contributed by atoms with Gasteiger partial charge < -0.3 is 14.3 Å².